The molecule has 82 valence electrons. The van der Waals surface area contributed by atoms with Gasteiger partial charge in [-0.25, -0.2) is 0 Å². The van der Waals surface area contributed by atoms with Gasteiger partial charge in [0, 0.05) is 6.54 Å². The second-order valence-electron chi connectivity index (χ2n) is 4.15. The standard InChI is InChI=1S/C14H21N/c1-4-5-9-15-11-13-7-6-8-14(10-13)12(2)3/h4,6-8,10,12,15H,1,5,9,11H2,2-3H3. The predicted molar refractivity (Wildman–Crippen MR) is 67.1 cm³/mol. The van der Waals surface area contributed by atoms with Crippen LogP contribution < -0.4 is 5.32 Å². The molecule has 0 aliphatic heterocycles. The molecule has 0 heterocycles. The van der Waals surface area contributed by atoms with Gasteiger partial charge in [0.2, 0.25) is 0 Å². The molecule has 1 nitrogen and oxygen atoms in total. The first-order valence-corrected chi connectivity index (χ1v) is 5.64. The third-order valence-corrected chi connectivity index (χ3v) is 2.47. The van der Waals surface area contributed by atoms with Crippen molar-refractivity contribution in [2.75, 3.05) is 6.54 Å². The topological polar surface area (TPSA) is 12.0 Å². The molecular formula is C14H21N. The van der Waals surface area contributed by atoms with Gasteiger partial charge < -0.3 is 5.32 Å². The zero-order chi connectivity index (χ0) is 11.1. The van der Waals surface area contributed by atoms with Crippen LogP contribution in [0.25, 0.3) is 0 Å². The first-order chi connectivity index (χ1) is 7.24. The third-order valence-electron chi connectivity index (χ3n) is 2.47. The summed E-state index contributed by atoms with van der Waals surface area (Å²) in [7, 11) is 0. The first-order valence-electron chi connectivity index (χ1n) is 5.64. The first kappa shape index (κ1) is 12.0. The highest BCUT2D eigenvalue weighted by molar-refractivity contribution is 5.25. The van der Waals surface area contributed by atoms with Crippen LogP contribution in [-0.2, 0) is 6.54 Å². The maximum absolute atomic E-state index is 3.70. The second kappa shape index (κ2) is 6.41. The summed E-state index contributed by atoms with van der Waals surface area (Å²) < 4.78 is 0. The Balaban J connectivity index is 2.46. The van der Waals surface area contributed by atoms with Gasteiger partial charge in [0.15, 0.2) is 0 Å². The molecule has 1 aromatic rings. The quantitative estimate of drug-likeness (QED) is 0.551. The zero-order valence-corrected chi connectivity index (χ0v) is 9.79. The number of benzene rings is 1. The van der Waals surface area contributed by atoms with Crippen molar-refractivity contribution in [3.05, 3.63) is 48.0 Å². The molecule has 1 N–H and O–H groups in total. The minimum absolute atomic E-state index is 0.609. The van der Waals surface area contributed by atoms with Gasteiger partial charge in [-0.15, -0.1) is 6.58 Å². The van der Waals surface area contributed by atoms with Crippen molar-refractivity contribution in [2.24, 2.45) is 0 Å². The number of hydrogen-bond acceptors (Lipinski definition) is 1. The van der Waals surface area contributed by atoms with E-state index in [1.807, 2.05) is 6.08 Å². The van der Waals surface area contributed by atoms with Crippen molar-refractivity contribution < 1.29 is 0 Å². The summed E-state index contributed by atoms with van der Waals surface area (Å²) in [5.74, 6) is 0.609. The van der Waals surface area contributed by atoms with E-state index in [0.717, 1.165) is 19.5 Å². The lowest BCUT2D eigenvalue weighted by atomic mass is 10.0. The fraction of sp³-hybridized carbons (Fsp3) is 0.429. The summed E-state index contributed by atoms with van der Waals surface area (Å²) in [5, 5.41) is 3.40. The van der Waals surface area contributed by atoms with E-state index in [9.17, 15) is 0 Å². The molecule has 0 aliphatic rings. The van der Waals surface area contributed by atoms with E-state index in [2.05, 4.69) is 50.0 Å². The van der Waals surface area contributed by atoms with Crippen LogP contribution in [0.3, 0.4) is 0 Å². The summed E-state index contributed by atoms with van der Waals surface area (Å²) in [4.78, 5) is 0. The average molecular weight is 203 g/mol. The van der Waals surface area contributed by atoms with Crippen LogP contribution in [0, 0.1) is 0 Å². The predicted octanol–water partition coefficient (Wildman–Crippen LogP) is 3.48. The van der Waals surface area contributed by atoms with Gasteiger partial charge in [-0.05, 0) is 30.0 Å². The molecule has 0 bridgehead atoms. The van der Waals surface area contributed by atoms with Crippen molar-refractivity contribution in [1.82, 2.24) is 5.32 Å². The highest BCUT2D eigenvalue weighted by Crippen LogP contribution is 2.15. The summed E-state index contributed by atoms with van der Waals surface area (Å²) in [6.07, 6.45) is 2.97. The molecule has 1 aromatic carbocycles. The van der Waals surface area contributed by atoms with Crippen molar-refractivity contribution in [3.8, 4) is 0 Å². The lowest BCUT2D eigenvalue weighted by Gasteiger charge is -2.08. The Morgan fingerprint density at radius 3 is 2.87 bits per heavy atom. The van der Waals surface area contributed by atoms with Crippen LogP contribution in [0.2, 0.25) is 0 Å². The van der Waals surface area contributed by atoms with Gasteiger partial charge in [0.05, 0.1) is 0 Å². The van der Waals surface area contributed by atoms with Crippen LogP contribution in [0.15, 0.2) is 36.9 Å². The Morgan fingerprint density at radius 1 is 1.40 bits per heavy atom. The van der Waals surface area contributed by atoms with Crippen molar-refractivity contribution in [2.45, 2.75) is 32.7 Å². The smallest absolute Gasteiger partial charge is 0.0205 e. The third kappa shape index (κ3) is 4.30. The van der Waals surface area contributed by atoms with Gasteiger partial charge in [0.1, 0.15) is 0 Å². The van der Waals surface area contributed by atoms with E-state index >= 15 is 0 Å². The molecule has 0 aliphatic carbocycles. The summed E-state index contributed by atoms with van der Waals surface area (Å²) in [6, 6.07) is 8.79. The summed E-state index contributed by atoms with van der Waals surface area (Å²) in [5.41, 5.74) is 2.78. The SMILES string of the molecule is C=CCCNCc1cccc(C(C)C)c1. The summed E-state index contributed by atoms with van der Waals surface area (Å²) in [6.45, 7) is 10.1. The van der Waals surface area contributed by atoms with Crippen molar-refractivity contribution >= 4 is 0 Å². The fourth-order valence-electron chi connectivity index (χ4n) is 1.50. The Hall–Kier alpha value is -1.08. The number of rotatable bonds is 6. The average Bonchev–Trinajstić information content (AvgIpc) is 2.25. The van der Waals surface area contributed by atoms with Gasteiger partial charge in [-0.2, -0.15) is 0 Å². The Labute approximate surface area is 93.2 Å². The van der Waals surface area contributed by atoms with E-state index in [0.29, 0.717) is 5.92 Å². The Kier molecular flexibility index (Phi) is 5.13. The number of nitrogens with one attached hydrogen (secondary N) is 1. The van der Waals surface area contributed by atoms with E-state index in [-0.39, 0.29) is 0 Å². The monoisotopic (exact) mass is 203 g/mol. The van der Waals surface area contributed by atoms with E-state index in [1.54, 1.807) is 0 Å². The Bertz CT molecular complexity index is 302. The molecule has 15 heavy (non-hydrogen) atoms. The van der Waals surface area contributed by atoms with Gasteiger partial charge in [0.25, 0.3) is 0 Å². The van der Waals surface area contributed by atoms with Gasteiger partial charge in [-0.1, -0.05) is 44.2 Å². The molecular weight excluding hydrogens is 182 g/mol. The van der Waals surface area contributed by atoms with Gasteiger partial charge >= 0.3 is 0 Å². The summed E-state index contributed by atoms with van der Waals surface area (Å²) >= 11 is 0. The molecule has 0 saturated heterocycles. The zero-order valence-electron chi connectivity index (χ0n) is 9.79. The normalized spacial score (nSPS) is 10.6. The largest absolute Gasteiger partial charge is 0.312 e. The van der Waals surface area contributed by atoms with Crippen LogP contribution in [-0.4, -0.2) is 6.54 Å². The minimum atomic E-state index is 0.609. The molecule has 0 radical (unpaired) electrons. The molecule has 0 spiro atoms. The molecule has 1 heteroatoms. The minimum Gasteiger partial charge on any atom is -0.312 e. The lowest BCUT2D eigenvalue weighted by Crippen LogP contribution is -2.14. The molecule has 0 unspecified atom stereocenters. The van der Waals surface area contributed by atoms with Crippen LogP contribution in [0.5, 0.6) is 0 Å². The van der Waals surface area contributed by atoms with Crippen LogP contribution in [0.4, 0.5) is 0 Å². The van der Waals surface area contributed by atoms with E-state index in [4.69, 9.17) is 0 Å². The molecule has 0 fully saturated rings. The lowest BCUT2D eigenvalue weighted by molar-refractivity contribution is 0.694. The van der Waals surface area contributed by atoms with Crippen molar-refractivity contribution in [1.29, 1.82) is 0 Å². The molecule has 1 rings (SSSR count). The van der Waals surface area contributed by atoms with E-state index < -0.39 is 0 Å². The van der Waals surface area contributed by atoms with Crippen LogP contribution >= 0.6 is 0 Å². The van der Waals surface area contributed by atoms with E-state index in [1.165, 1.54) is 11.1 Å². The highest BCUT2D eigenvalue weighted by atomic mass is 14.8. The maximum Gasteiger partial charge on any atom is 0.0205 e. The van der Waals surface area contributed by atoms with Crippen LogP contribution in [0.1, 0.15) is 37.3 Å². The van der Waals surface area contributed by atoms with Crippen molar-refractivity contribution in [3.63, 3.8) is 0 Å². The number of hydrogen-bond donors (Lipinski definition) is 1. The molecule has 0 atom stereocenters. The maximum atomic E-state index is 3.70. The van der Waals surface area contributed by atoms with Gasteiger partial charge in [-0.3, -0.25) is 0 Å². The highest BCUT2D eigenvalue weighted by Gasteiger charge is 1.99. The molecule has 0 amide bonds. The molecule has 0 aromatic heterocycles. The second-order valence-corrected chi connectivity index (χ2v) is 4.15. The molecule has 0 saturated carbocycles. The fourth-order valence-corrected chi connectivity index (χ4v) is 1.50. The Morgan fingerprint density at radius 2 is 2.20 bits per heavy atom.